The Morgan fingerprint density at radius 1 is 1.31 bits per heavy atom. The first kappa shape index (κ1) is 12.3. The number of hydrogen-bond donors (Lipinski definition) is 2. The number of nitrogens with one attached hydrogen (secondary N) is 1. The third-order valence-electron chi connectivity index (χ3n) is 1.56. The Hall–Kier alpha value is -1.76. The van der Waals surface area contributed by atoms with Gasteiger partial charge in [-0.2, -0.15) is 0 Å². The van der Waals surface area contributed by atoms with Crippen LogP contribution in [0.15, 0.2) is 12.1 Å². The number of halogens is 3. The largest absolute Gasteiger partial charge is 0.447 e. The Morgan fingerprint density at radius 2 is 1.88 bits per heavy atom. The summed E-state index contributed by atoms with van der Waals surface area (Å²) in [6.45, 7) is -0.724. The lowest BCUT2D eigenvalue weighted by Gasteiger charge is -2.07. The molecule has 0 heterocycles. The number of anilines is 1. The van der Waals surface area contributed by atoms with Gasteiger partial charge in [0.05, 0.1) is 6.61 Å². The molecule has 0 bridgehead atoms. The van der Waals surface area contributed by atoms with Crippen molar-refractivity contribution in [2.75, 3.05) is 18.5 Å². The second-order valence-electron chi connectivity index (χ2n) is 2.73. The van der Waals surface area contributed by atoms with E-state index in [-0.39, 0.29) is 6.61 Å². The minimum absolute atomic E-state index is 0.309. The van der Waals surface area contributed by atoms with Crippen molar-refractivity contribution in [3.8, 4) is 0 Å². The van der Waals surface area contributed by atoms with E-state index in [1.807, 2.05) is 0 Å². The summed E-state index contributed by atoms with van der Waals surface area (Å²) in [5.74, 6) is -3.60. The van der Waals surface area contributed by atoms with E-state index >= 15 is 0 Å². The fourth-order valence-corrected chi connectivity index (χ4v) is 0.938. The van der Waals surface area contributed by atoms with Crippen LogP contribution in [0.3, 0.4) is 0 Å². The number of carbonyl (C=O) groups is 1. The van der Waals surface area contributed by atoms with E-state index in [0.717, 1.165) is 0 Å². The number of hydrogen-bond acceptors (Lipinski definition) is 3. The Labute approximate surface area is 88.6 Å². The molecule has 0 aliphatic rings. The smallest absolute Gasteiger partial charge is 0.411 e. The second kappa shape index (κ2) is 5.36. The van der Waals surface area contributed by atoms with Crippen LogP contribution in [0.25, 0.3) is 0 Å². The number of aliphatic hydroxyl groups is 1. The van der Waals surface area contributed by atoms with Crippen LogP contribution in [-0.2, 0) is 4.74 Å². The molecule has 0 fully saturated rings. The molecule has 0 aliphatic heterocycles. The van der Waals surface area contributed by atoms with Crippen LogP contribution in [0, 0.1) is 17.5 Å². The molecule has 88 valence electrons. The Bertz CT molecular complexity index is 375. The molecular weight excluding hydrogens is 227 g/mol. The lowest BCUT2D eigenvalue weighted by molar-refractivity contribution is 0.131. The fraction of sp³-hybridized carbons (Fsp3) is 0.222. The monoisotopic (exact) mass is 235 g/mol. The molecule has 1 aromatic carbocycles. The van der Waals surface area contributed by atoms with Gasteiger partial charge in [0.25, 0.3) is 0 Å². The summed E-state index contributed by atoms with van der Waals surface area (Å²) in [4.78, 5) is 10.9. The van der Waals surface area contributed by atoms with Gasteiger partial charge in [-0.1, -0.05) is 0 Å². The number of rotatable bonds is 3. The molecule has 4 nitrogen and oxygen atoms in total. The zero-order valence-corrected chi connectivity index (χ0v) is 7.97. The third-order valence-corrected chi connectivity index (χ3v) is 1.56. The normalized spacial score (nSPS) is 10.0. The first-order valence-corrected chi connectivity index (χ1v) is 4.23. The lowest BCUT2D eigenvalue weighted by Crippen LogP contribution is -2.17. The summed E-state index contributed by atoms with van der Waals surface area (Å²) in [6, 6.07) is 0.843. The zero-order chi connectivity index (χ0) is 12.1. The number of ether oxygens (including phenoxy) is 1. The van der Waals surface area contributed by atoms with Gasteiger partial charge in [-0.15, -0.1) is 0 Å². The Morgan fingerprint density at radius 3 is 2.38 bits per heavy atom. The standard InChI is InChI=1S/C9H8F3NO3/c10-5-3-6(11)8(7(12)4-5)13-9(15)16-2-1-14/h3-4,14H,1-2H2,(H,13,15). The van der Waals surface area contributed by atoms with Gasteiger partial charge in [-0.25, -0.2) is 18.0 Å². The Balaban J connectivity index is 2.77. The highest BCUT2D eigenvalue weighted by atomic mass is 19.1. The Kier molecular flexibility index (Phi) is 4.12. The first-order valence-electron chi connectivity index (χ1n) is 4.23. The first-order chi connectivity index (χ1) is 7.54. The van der Waals surface area contributed by atoms with E-state index in [2.05, 4.69) is 4.74 Å². The summed E-state index contributed by atoms with van der Waals surface area (Å²) < 4.78 is 42.8. The highest BCUT2D eigenvalue weighted by Gasteiger charge is 2.14. The van der Waals surface area contributed by atoms with Crippen molar-refractivity contribution < 1.29 is 27.8 Å². The van der Waals surface area contributed by atoms with Crippen LogP contribution < -0.4 is 5.32 Å². The fourth-order valence-electron chi connectivity index (χ4n) is 0.938. The third kappa shape index (κ3) is 3.13. The van der Waals surface area contributed by atoms with Crippen LogP contribution in [0.1, 0.15) is 0 Å². The van der Waals surface area contributed by atoms with Crippen LogP contribution in [0.2, 0.25) is 0 Å². The highest BCUT2D eigenvalue weighted by Crippen LogP contribution is 2.20. The summed E-state index contributed by atoms with van der Waals surface area (Å²) in [6.07, 6.45) is -1.14. The molecule has 7 heteroatoms. The predicted octanol–water partition coefficient (Wildman–Crippen LogP) is 1.64. The van der Waals surface area contributed by atoms with Gasteiger partial charge in [0, 0.05) is 12.1 Å². The van der Waals surface area contributed by atoms with E-state index in [9.17, 15) is 18.0 Å². The molecule has 0 atom stereocenters. The van der Waals surface area contributed by atoms with Crippen molar-refractivity contribution in [1.29, 1.82) is 0 Å². The van der Waals surface area contributed by atoms with E-state index < -0.39 is 35.8 Å². The maximum absolute atomic E-state index is 13.0. The summed E-state index contributed by atoms with van der Waals surface area (Å²) in [5.41, 5.74) is -0.802. The highest BCUT2D eigenvalue weighted by molar-refractivity contribution is 5.84. The SMILES string of the molecule is O=C(Nc1c(F)cc(F)cc1F)OCCO. The maximum atomic E-state index is 13.0. The van der Waals surface area contributed by atoms with Crippen molar-refractivity contribution in [1.82, 2.24) is 0 Å². The molecule has 0 aromatic heterocycles. The molecule has 0 radical (unpaired) electrons. The molecule has 1 amide bonds. The summed E-state index contributed by atoms with van der Waals surface area (Å²) in [5, 5.41) is 10.1. The molecule has 1 aromatic rings. The minimum Gasteiger partial charge on any atom is -0.447 e. The molecule has 16 heavy (non-hydrogen) atoms. The van der Waals surface area contributed by atoms with Crippen LogP contribution in [-0.4, -0.2) is 24.4 Å². The average molecular weight is 235 g/mol. The van der Waals surface area contributed by atoms with Gasteiger partial charge in [0.2, 0.25) is 0 Å². The van der Waals surface area contributed by atoms with Gasteiger partial charge in [0.15, 0.2) is 11.6 Å². The molecule has 0 spiro atoms. The molecule has 0 saturated heterocycles. The summed E-state index contributed by atoms with van der Waals surface area (Å²) >= 11 is 0. The van der Waals surface area contributed by atoms with Crippen LogP contribution in [0.5, 0.6) is 0 Å². The van der Waals surface area contributed by atoms with E-state index in [1.165, 1.54) is 0 Å². The van der Waals surface area contributed by atoms with Crippen molar-refractivity contribution in [3.05, 3.63) is 29.6 Å². The van der Waals surface area contributed by atoms with Gasteiger partial charge in [0.1, 0.15) is 18.1 Å². The van der Waals surface area contributed by atoms with Crippen LogP contribution >= 0.6 is 0 Å². The predicted molar refractivity (Wildman–Crippen MR) is 48.4 cm³/mol. The topological polar surface area (TPSA) is 58.6 Å². The zero-order valence-electron chi connectivity index (χ0n) is 7.97. The quantitative estimate of drug-likeness (QED) is 0.837. The van der Waals surface area contributed by atoms with Crippen LogP contribution in [0.4, 0.5) is 23.7 Å². The maximum Gasteiger partial charge on any atom is 0.411 e. The van der Waals surface area contributed by atoms with Gasteiger partial charge >= 0.3 is 6.09 Å². The van der Waals surface area contributed by atoms with E-state index in [1.54, 1.807) is 5.32 Å². The molecule has 1 rings (SSSR count). The molecule has 2 N–H and O–H groups in total. The van der Waals surface area contributed by atoms with Crippen molar-refractivity contribution in [2.45, 2.75) is 0 Å². The molecule has 0 saturated carbocycles. The molecular formula is C9H8F3NO3. The van der Waals surface area contributed by atoms with Crippen molar-refractivity contribution in [3.63, 3.8) is 0 Å². The van der Waals surface area contributed by atoms with Gasteiger partial charge in [-0.05, 0) is 0 Å². The van der Waals surface area contributed by atoms with Crippen molar-refractivity contribution >= 4 is 11.8 Å². The average Bonchev–Trinajstić information content (AvgIpc) is 2.20. The second-order valence-corrected chi connectivity index (χ2v) is 2.73. The van der Waals surface area contributed by atoms with Crippen molar-refractivity contribution in [2.24, 2.45) is 0 Å². The van der Waals surface area contributed by atoms with Gasteiger partial charge in [-0.3, -0.25) is 5.32 Å². The number of carbonyl (C=O) groups excluding carboxylic acids is 1. The molecule has 0 unspecified atom stereocenters. The van der Waals surface area contributed by atoms with E-state index in [0.29, 0.717) is 12.1 Å². The number of amides is 1. The number of aliphatic hydroxyl groups excluding tert-OH is 1. The van der Waals surface area contributed by atoms with Gasteiger partial charge < -0.3 is 9.84 Å². The molecule has 0 aliphatic carbocycles. The lowest BCUT2D eigenvalue weighted by atomic mass is 10.3. The number of benzene rings is 1. The van der Waals surface area contributed by atoms with E-state index in [4.69, 9.17) is 5.11 Å². The minimum atomic E-state index is -1.25. The summed E-state index contributed by atoms with van der Waals surface area (Å²) in [7, 11) is 0.